The number of phenolic OH excluding ortho intramolecular Hbond substituents is 1. The highest BCUT2D eigenvalue weighted by molar-refractivity contribution is 6.05. The summed E-state index contributed by atoms with van der Waals surface area (Å²) in [5, 5.41) is 10.3. The van der Waals surface area contributed by atoms with Gasteiger partial charge >= 0.3 is 0 Å². The van der Waals surface area contributed by atoms with Gasteiger partial charge in [0, 0.05) is 28.8 Å². The number of fused-ring (bicyclic) bond motifs is 1. The third-order valence-electron chi connectivity index (χ3n) is 4.84. The Morgan fingerprint density at radius 3 is 2.52 bits per heavy atom. The largest absolute Gasteiger partial charge is 0.504 e. The summed E-state index contributed by atoms with van der Waals surface area (Å²) in [6, 6.07) is 11.5. The van der Waals surface area contributed by atoms with Crippen molar-refractivity contribution in [1.29, 1.82) is 0 Å². The van der Waals surface area contributed by atoms with Crippen LogP contribution in [0, 0.1) is 0 Å². The van der Waals surface area contributed by atoms with E-state index in [4.69, 9.17) is 4.74 Å². The maximum Gasteiger partial charge on any atom is 0.209 e. The molecule has 0 saturated heterocycles. The Kier molecular flexibility index (Phi) is 4.21. The fraction of sp³-hybridized carbons (Fsp3) is 0.238. The molecule has 2 aromatic rings. The Hall–Kier alpha value is -2.88. The molecule has 0 aliphatic carbocycles. The number of ether oxygens (including phenoxy) is 1. The summed E-state index contributed by atoms with van der Waals surface area (Å²) < 4.78 is 7.31. The second kappa shape index (κ2) is 6.20. The van der Waals surface area contributed by atoms with Crippen molar-refractivity contribution in [2.75, 3.05) is 14.2 Å². The van der Waals surface area contributed by atoms with E-state index in [1.165, 1.54) is 24.4 Å². The number of aldehydes is 1. The number of hydrogen-bond acceptors (Lipinski definition) is 3. The average molecular weight is 336 g/mol. The van der Waals surface area contributed by atoms with E-state index in [1.807, 2.05) is 31.3 Å². The number of rotatable bonds is 4. The highest BCUT2D eigenvalue weighted by atomic mass is 16.5. The molecule has 3 rings (SSSR count). The molecule has 0 spiro atoms. The molecule has 2 aromatic carbocycles. The normalized spacial score (nSPS) is 15.5. The van der Waals surface area contributed by atoms with E-state index >= 15 is 0 Å². The van der Waals surface area contributed by atoms with Gasteiger partial charge in [-0.15, -0.1) is 0 Å². The molecule has 0 atom stereocenters. The highest BCUT2D eigenvalue weighted by Crippen LogP contribution is 2.39. The molecule has 0 amide bonds. The number of carbonyl (C=O) groups is 1. The van der Waals surface area contributed by atoms with Crippen molar-refractivity contribution in [2.45, 2.75) is 19.3 Å². The minimum Gasteiger partial charge on any atom is -0.504 e. The quantitative estimate of drug-likeness (QED) is 0.680. The van der Waals surface area contributed by atoms with Crippen LogP contribution in [0.1, 0.15) is 35.3 Å². The topological polar surface area (TPSA) is 49.5 Å². The highest BCUT2D eigenvalue weighted by Gasteiger charge is 2.42. The molecule has 0 radical (unpaired) electrons. The van der Waals surface area contributed by atoms with Gasteiger partial charge < -0.3 is 9.84 Å². The van der Waals surface area contributed by atoms with Crippen molar-refractivity contribution in [3.05, 3.63) is 59.2 Å². The molecule has 1 heterocycles. The lowest BCUT2D eigenvalue weighted by Crippen LogP contribution is -2.26. The average Bonchev–Trinajstić information content (AvgIpc) is 2.81. The van der Waals surface area contributed by atoms with Crippen LogP contribution < -0.4 is 4.74 Å². The van der Waals surface area contributed by atoms with E-state index in [2.05, 4.69) is 30.6 Å². The van der Waals surface area contributed by atoms with Crippen LogP contribution in [0.5, 0.6) is 11.5 Å². The molecule has 0 fully saturated rings. The van der Waals surface area contributed by atoms with Crippen molar-refractivity contribution in [1.82, 2.24) is 0 Å². The smallest absolute Gasteiger partial charge is 0.209 e. The molecule has 128 valence electrons. The molecule has 1 aliphatic rings. The van der Waals surface area contributed by atoms with Crippen LogP contribution in [0.25, 0.3) is 6.08 Å². The van der Waals surface area contributed by atoms with Gasteiger partial charge in [-0.3, -0.25) is 4.79 Å². The predicted octanol–water partition coefficient (Wildman–Crippen LogP) is 3.93. The lowest BCUT2D eigenvalue weighted by atomic mass is 9.81. The van der Waals surface area contributed by atoms with Gasteiger partial charge in [0.05, 0.1) is 12.5 Å². The molecule has 25 heavy (non-hydrogen) atoms. The van der Waals surface area contributed by atoms with Crippen LogP contribution in [0.2, 0.25) is 0 Å². The van der Waals surface area contributed by atoms with Gasteiger partial charge in [-0.2, -0.15) is 4.58 Å². The lowest BCUT2D eigenvalue weighted by Gasteiger charge is -2.15. The van der Waals surface area contributed by atoms with Crippen molar-refractivity contribution >= 4 is 23.8 Å². The summed E-state index contributed by atoms with van der Waals surface area (Å²) in [7, 11) is 3.51. The molecular weight excluding hydrogens is 314 g/mol. The SMILES string of the molecule is COc1cc(C=O)cc(/C=C/C2=[N+](C)c3ccccc3C2(C)C)c1O. The van der Waals surface area contributed by atoms with Gasteiger partial charge in [-0.25, -0.2) is 0 Å². The number of aromatic hydroxyl groups is 1. The second-order valence-corrected chi connectivity index (χ2v) is 6.70. The zero-order chi connectivity index (χ0) is 18.2. The number of hydrogen-bond donors (Lipinski definition) is 1. The zero-order valence-electron chi connectivity index (χ0n) is 14.9. The maximum absolute atomic E-state index is 11.1. The molecule has 0 aromatic heterocycles. The number of allylic oxidation sites excluding steroid dienone is 1. The summed E-state index contributed by atoms with van der Waals surface area (Å²) in [5.41, 5.74) is 4.42. The number of carbonyl (C=O) groups excluding carboxylic acids is 1. The van der Waals surface area contributed by atoms with Gasteiger partial charge in [-0.1, -0.05) is 18.2 Å². The summed E-state index contributed by atoms with van der Waals surface area (Å²) in [6.45, 7) is 4.36. The van der Waals surface area contributed by atoms with Crippen LogP contribution in [-0.2, 0) is 5.41 Å². The molecule has 0 bridgehead atoms. The minimum atomic E-state index is -0.149. The van der Waals surface area contributed by atoms with Crippen LogP contribution in [0.4, 0.5) is 5.69 Å². The molecule has 0 saturated carbocycles. The van der Waals surface area contributed by atoms with E-state index in [0.717, 1.165) is 12.0 Å². The van der Waals surface area contributed by atoms with Gasteiger partial charge in [0.25, 0.3) is 0 Å². The van der Waals surface area contributed by atoms with Gasteiger partial charge in [0.15, 0.2) is 17.2 Å². The summed E-state index contributed by atoms with van der Waals surface area (Å²) in [5.74, 6) is 0.317. The van der Waals surface area contributed by atoms with Crippen LogP contribution in [0.3, 0.4) is 0 Å². The van der Waals surface area contributed by atoms with Crippen molar-refractivity contribution in [2.24, 2.45) is 0 Å². The molecular formula is C21H22NO3+. The molecule has 1 aliphatic heterocycles. The Morgan fingerprint density at radius 1 is 1.16 bits per heavy atom. The molecule has 4 nitrogen and oxygen atoms in total. The molecule has 4 heteroatoms. The Bertz CT molecular complexity index is 907. The fourth-order valence-corrected chi connectivity index (χ4v) is 3.47. The summed E-state index contributed by atoms with van der Waals surface area (Å²) in [6.07, 6.45) is 4.56. The standard InChI is InChI=1S/C21H21NO3/c1-21(2)16-7-5-6-8-17(16)22(3)19(21)10-9-15-11-14(13-23)12-18(25-4)20(15)24/h5-13H,1-4H3/p+1. The second-order valence-electron chi connectivity index (χ2n) is 6.70. The predicted molar refractivity (Wildman–Crippen MR) is 99.4 cm³/mol. The Labute approximate surface area is 147 Å². The van der Waals surface area contributed by atoms with Crippen LogP contribution >= 0.6 is 0 Å². The van der Waals surface area contributed by atoms with Gasteiger partial charge in [-0.05, 0) is 32.1 Å². The zero-order valence-corrected chi connectivity index (χ0v) is 14.9. The first-order chi connectivity index (χ1) is 11.9. The first kappa shape index (κ1) is 17.0. The van der Waals surface area contributed by atoms with E-state index < -0.39 is 0 Å². The van der Waals surface area contributed by atoms with E-state index in [1.54, 1.807) is 6.07 Å². The van der Waals surface area contributed by atoms with Gasteiger partial charge in [0.2, 0.25) is 5.69 Å². The summed E-state index contributed by atoms with van der Waals surface area (Å²) >= 11 is 0. The lowest BCUT2D eigenvalue weighted by molar-refractivity contribution is -0.401. The van der Waals surface area contributed by atoms with E-state index in [-0.39, 0.29) is 16.9 Å². The first-order valence-electron chi connectivity index (χ1n) is 8.15. The third kappa shape index (κ3) is 2.74. The Balaban J connectivity index is 2.07. The van der Waals surface area contributed by atoms with E-state index in [9.17, 15) is 9.90 Å². The maximum atomic E-state index is 11.1. The number of para-hydroxylation sites is 1. The number of nitrogens with zero attached hydrogens (tertiary/aromatic N) is 1. The van der Waals surface area contributed by atoms with Crippen LogP contribution in [0.15, 0.2) is 42.5 Å². The van der Waals surface area contributed by atoms with E-state index in [0.29, 0.717) is 11.1 Å². The monoisotopic (exact) mass is 336 g/mol. The Morgan fingerprint density at radius 2 is 1.88 bits per heavy atom. The first-order valence-corrected chi connectivity index (χ1v) is 8.15. The third-order valence-corrected chi connectivity index (χ3v) is 4.84. The van der Waals surface area contributed by atoms with Crippen molar-refractivity contribution in [3.8, 4) is 11.5 Å². The number of methoxy groups -OCH3 is 1. The fourth-order valence-electron chi connectivity index (χ4n) is 3.47. The number of benzene rings is 2. The summed E-state index contributed by atoms with van der Waals surface area (Å²) in [4.78, 5) is 11.1. The molecule has 1 N–H and O–H groups in total. The molecule has 0 unspecified atom stereocenters. The number of phenols is 1. The van der Waals surface area contributed by atoms with Crippen molar-refractivity contribution < 1.29 is 19.2 Å². The van der Waals surface area contributed by atoms with Crippen molar-refractivity contribution in [3.63, 3.8) is 0 Å². The van der Waals surface area contributed by atoms with Crippen LogP contribution in [-0.4, -0.2) is 35.8 Å². The van der Waals surface area contributed by atoms with Gasteiger partial charge in [0.1, 0.15) is 13.3 Å². The minimum absolute atomic E-state index is 0.0286.